The van der Waals surface area contributed by atoms with E-state index in [1.165, 1.54) is 6.42 Å². The molecule has 1 fully saturated rings. The molecule has 1 aliphatic carbocycles. The van der Waals surface area contributed by atoms with Crippen molar-refractivity contribution in [1.29, 1.82) is 0 Å². The van der Waals surface area contributed by atoms with Crippen molar-refractivity contribution in [2.24, 2.45) is 0 Å². The van der Waals surface area contributed by atoms with Gasteiger partial charge in [-0.15, -0.1) is 0 Å². The molecule has 1 aromatic carbocycles. The molecular formula is C16H20N2O5. The highest BCUT2D eigenvalue weighted by Gasteiger charge is 2.42. The largest absolute Gasteiger partial charge is 0.481 e. The van der Waals surface area contributed by atoms with Crippen LogP contribution in [0.1, 0.15) is 38.5 Å². The number of rotatable bonds is 4. The zero-order valence-electron chi connectivity index (χ0n) is 12.8. The van der Waals surface area contributed by atoms with Crippen molar-refractivity contribution >= 4 is 17.7 Å². The fourth-order valence-corrected chi connectivity index (χ4v) is 2.92. The van der Waals surface area contributed by atoms with E-state index in [4.69, 9.17) is 14.6 Å². The van der Waals surface area contributed by atoms with E-state index in [0.717, 1.165) is 25.7 Å². The van der Waals surface area contributed by atoms with Gasteiger partial charge in [-0.3, -0.25) is 4.79 Å². The van der Waals surface area contributed by atoms with E-state index in [0.29, 0.717) is 17.2 Å². The molecule has 3 N–H and O–H groups in total. The van der Waals surface area contributed by atoms with E-state index in [2.05, 4.69) is 10.6 Å². The van der Waals surface area contributed by atoms with Gasteiger partial charge in [0.25, 0.3) is 5.79 Å². The Kier molecular flexibility index (Phi) is 4.27. The summed E-state index contributed by atoms with van der Waals surface area (Å²) in [5, 5.41) is 13.7. The van der Waals surface area contributed by atoms with Crippen LogP contribution >= 0.6 is 0 Å². The van der Waals surface area contributed by atoms with Crippen LogP contribution in [0.2, 0.25) is 0 Å². The lowest BCUT2D eigenvalue weighted by atomic mass is 9.94. The molecule has 1 aromatic rings. The summed E-state index contributed by atoms with van der Waals surface area (Å²) in [4.78, 5) is 22.1. The van der Waals surface area contributed by atoms with Crippen LogP contribution in [0.25, 0.3) is 0 Å². The van der Waals surface area contributed by atoms with Crippen LogP contribution in [0.15, 0.2) is 18.2 Å². The second-order valence-electron chi connectivity index (χ2n) is 5.86. The molecule has 0 bridgehead atoms. The molecule has 2 amide bonds. The Bertz CT molecular complexity index is 610. The summed E-state index contributed by atoms with van der Waals surface area (Å²) in [6, 6.07) is 4.81. The Hall–Kier alpha value is -2.44. The highest BCUT2D eigenvalue weighted by atomic mass is 16.7. The molecule has 2 aliphatic rings. The van der Waals surface area contributed by atoms with Gasteiger partial charge >= 0.3 is 12.0 Å². The summed E-state index contributed by atoms with van der Waals surface area (Å²) >= 11 is 0. The maximum atomic E-state index is 11.7. The molecule has 1 spiro atoms. The topological polar surface area (TPSA) is 96.9 Å². The van der Waals surface area contributed by atoms with Gasteiger partial charge in [-0.05, 0) is 25.0 Å². The molecule has 1 aliphatic heterocycles. The second-order valence-corrected chi connectivity index (χ2v) is 5.86. The summed E-state index contributed by atoms with van der Waals surface area (Å²) in [5.74, 6) is -0.159. The Morgan fingerprint density at radius 3 is 2.61 bits per heavy atom. The zero-order valence-corrected chi connectivity index (χ0v) is 12.8. The molecule has 0 atom stereocenters. The van der Waals surface area contributed by atoms with Gasteiger partial charge in [-0.25, -0.2) is 4.79 Å². The predicted molar refractivity (Wildman–Crippen MR) is 82.8 cm³/mol. The maximum Gasteiger partial charge on any atom is 0.319 e. The number of carbonyl (C=O) groups excluding carboxylic acids is 1. The van der Waals surface area contributed by atoms with Crippen LogP contribution < -0.4 is 20.1 Å². The molecule has 3 rings (SSSR count). The van der Waals surface area contributed by atoms with E-state index in [1.54, 1.807) is 18.2 Å². The molecule has 124 valence electrons. The van der Waals surface area contributed by atoms with Crippen LogP contribution in [-0.2, 0) is 4.79 Å². The van der Waals surface area contributed by atoms with Crippen LogP contribution in [0.4, 0.5) is 10.5 Å². The summed E-state index contributed by atoms with van der Waals surface area (Å²) in [6.45, 7) is 0.0782. The van der Waals surface area contributed by atoms with Crippen molar-refractivity contribution in [3.8, 4) is 11.5 Å². The number of carboxylic acid groups (broad SMARTS) is 1. The second kappa shape index (κ2) is 6.36. The Labute approximate surface area is 134 Å². The fraction of sp³-hybridized carbons (Fsp3) is 0.500. The van der Waals surface area contributed by atoms with Gasteiger partial charge in [-0.2, -0.15) is 0 Å². The molecule has 1 saturated carbocycles. The molecule has 0 saturated heterocycles. The third-order valence-corrected chi connectivity index (χ3v) is 4.03. The number of nitrogens with one attached hydrogen (secondary N) is 2. The number of benzene rings is 1. The van der Waals surface area contributed by atoms with E-state index in [-0.39, 0.29) is 13.0 Å². The molecule has 1 heterocycles. The number of hydrogen-bond donors (Lipinski definition) is 3. The molecule has 7 heteroatoms. The third-order valence-electron chi connectivity index (χ3n) is 4.03. The van der Waals surface area contributed by atoms with Gasteiger partial charge in [0.05, 0.1) is 6.42 Å². The minimum absolute atomic E-state index is 0.0782. The molecule has 7 nitrogen and oxygen atoms in total. The quantitative estimate of drug-likeness (QED) is 0.792. The first-order valence-electron chi connectivity index (χ1n) is 7.85. The maximum absolute atomic E-state index is 11.7. The number of aliphatic carboxylic acids is 1. The van der Waals surface area contributed by atoms with Crippen molar-refractivity contribution in [3.05, 3.63) is 18.2 Å². The number of hydrogen-bond acceptors (Lipinski definition) is 4. The molecule has 0 unspecified atom stereocenters. The summed E-state index contributed by atoms with van der Waals surface area (Å²) in [6.07, 6.45) is 5.02. The Morgan fingerprint density at radius 1 is 1.13 bits per heavy atom. The van der Waals surface area contributed by atoms with Crippen molar-refractivity contribution in [2.45, 2.75) is 44.3 Å². The minimum atomic E-state index is -0.953. The van der Waals surface area contributed by atoms with Gasteiger partial charge in [0.15, 0.2) is 11.5 Å². The third kappa shape index (κ3) is 3.67. The van der Waals surface area contributed by atoms with Crippen molar-refractivity contribution in [2.75, 3.05) is 11.9 Å². The smallest absolute Gasteiger partial charge is 0.319 e. The lowest BCUT2D eigenvalue weighted by Crippen LogP contribution is -2.40. The number of anilines is 1. The standard InChI is InChI=1S/C16H20N2O5/c19-14(20)6-9-17-15(21)18-11-4-5-12-13(10-11)23-16(22-12)7-2-1-3-8-16/h4-5,10H,1-3,6-9H2,(H,19,20)(H2,17,18,21). The predicted octanol–water partition coefficient (Wildman–Crippen LogP) is 2.71. The van der Waals surface area contributed by atoms with Crippen LogP contribution in [0.5, 0.6) is 11.5 Å². The van der Waals surface area contributed by atoms with E-state index < -0.39 is 17.8 Å². The van der Waals surface area contributed by atoms with E-state index in [1.807, 2.05) is 0 Å². The summed E-state index contributed by atoms with van der Waals surface area (Å²) in [7, 11) is 0. The summed E-state index contributed by atoms with van der Waals surface area (Å²) in [5.41, 5.74) is 0.577. The van der Waals surface area contributed by atoms with Crippen molar-refractivity contribution < 1.29 is 24.2 Å². The van der Waals surface area contributed by atoms with Crippen LogP contribution in [-0.4, -0.2) is 29.4 Å². The molecule has 0 aromatic heterocycles. The van der Waals surface area contributed by atoms with E-state index >= 15 is 0 Å². The lowest BCUT2D eigenvalue weighted by Gasteiger charge is -2.31. The average molecular weight is 320 g/mol. The summed E-state index contributed by atoms with van der Waals surface area (Å²) < 4.78 is 12.0. The Balaban J connectivity index is 1.59. The lowest BCUT2D eigenvalue weighted by molar-refractivity contribution is -0.136. The van der Waals surface area contributed by atoms with Gasteiger partial charge < -0.3 is 25.2 Å². The molecular weight excluding hydrogens is 300 g/mol. The molecule has 23 heavy (non-hydrogen) atoms. The Morgan fingerprint density at radius 2 is 1.87 bits per heavy atom. The van der Waals surface area contributed by atoms with Crippen LogP contribution in [0.3, 0.4) is 0 Å². The number of carbonyl (C=O) groups is 2. The highest BCUT2D eigenvalue weighted by Crippen LogP contribution is 2.46. The first-order valence-corrected chi connectivity index (χ1v) is 7.85. The zero-order chi connectivity index (χ0) is 16.3. The average Bonchev–Trinajstić information content (AvgIpc) is 2.84. The first-order chi connectivity index (χ1) is 11.1. The SMILES string of the molecule is O=C(O)CCNC(=O)Nc1ccc2c(c1)OC1(CCCCC1)O2. The van der Waals surface area contributed by atoms with E-state index in [9.17, 15) is 9.59 Å². The molecule has 0 radical (unpaired) electrons. The number of carboxylic acids is 1. The van der Waals surface area contributed by atoms with Gasteiger partial charge in [0.2, 0.25) is 0 Å². The number of fused-ring (bicyclic) bond motifs is 1. The number of urea groups is 1. The fourth-order valence-electron chi connectivity index (χ4n) is 2.92. The normalized spacial score (nSPS) is 17.7. The highest BCUT2D eigenvalue weighted by molar-refractivity contribution is 5.89. The van der Waals surface area contributed by atoms with Crippen molar-refractivity contribution in [3.63, 3.8) is 0 Å². The number of amides is 2. The van der Waals surface area contributed by atoms with Crippen molar-refractivity contribution in [1.82, 2.24) is 5.32 Å². The van der Waals surface area contributed by atoms with Gasteiger partial charge in [0.1, 0.15) is 0 Å². The first kappa shape index (κ1) is 15.5. The number of ether oxygens (including phenoxy) is 2. The van der Waals surface area contributed by atoms with Gasteiger partial charge in [-0.1, -0.05) is 6.42 Å². The van der Waals surface area contributed by atoms with Crippen LogP contribution in [0, 0.1) is 0 Å². The monoisotopic (exact) mass is 320 g/mol. The minimum Gasteiger partial charge on any atom is -0.481 e. The van der Waals surface area contributed by atoms with Gasteiger partial charge in [0, 0.05) is 31.1 Å².